The van der Waals surface area contributed by atoms with Gasteiger partial charge in [-0.15, -0.1) is 0 Å². The minimum Gasteiger partial charge on any atom is -0.399 e. The highest BCUT2D eigenvalue weighted by molar-refractivity contribution is 5.54. The van der Waals surface area contributed by atoms with Gasteiger partial charge in [-0.3, -0.25) is 0 Å². The predicted octanol–water partition coefficient (Wildman–Crippen LogP) is 1.80. The number of likely N-dealkylation sites (tertiary alicyclic amines) is 1. The predicted molar refractivity (Wildman–Crippen MR) is 72.2 cm³/mol. The van der Waals surface area contributed by atoms with E-state index in [2.05, 4.69) is 29.0 Å². The van der Waals surface area contributed by atoms with Crippen molar-refractivity contribution in [2.45, 2.75) is 12.8 Å². The molecule has 3 rings (SSSR count). The van der Waals surface area contributed by atoms with Gasteiger partial charge in [0.1, 0.15) is 0 Å². The van der Waals surface area contributed by atoms with Crippen LogP contribution in [0.2, 0.25) is 0 Å². The molecule has 0 radical (unpaired) electrons. The van der Waals surface area contributed by atoms with Gasteiger partial charge in [-0.2, -0.15) is 0 Å². The Morgan fingerprint density at radius 1 is 1.06 bits per heavy atom. The van der Waals surface area contributed by atoms with Crippen molar-refractivity contribution in [3.63, 3.8) is 0 Å². The Bertz CT molecular complexity index is 400. The van der Waals surface area contributed by atoms with Crippen LogP contribution in [-0.2, 0) is 0 Å². The van der Waals surface area contributed by atoms with E-state index in [1.807, 2.05) is 12.1 Å². The summed E-state index contributed by atoms with van der Waals surface area (Å²) >= 11 is 0. The van der Waals surface area contributed by atoms with Crippen molar-refractivity contribution in [3.05, 3.63) is 24.3 Å². The first kappa shape index (κ1) is 10.9. The van der Waals surface area contributed by atoms with Gasteiger partial charge in [-0.05, 0) is 50.7 Å². The van der Waals surface area contributed by atoms with Crippen molar-refractivity contribution in [1.82, 2.24) is 4.90 Å². The van der Waals surface area contributed by atoms with E-state index >= 15 is 0 Å². The molecule has 2 aliphatic rings. The van der Waals surface area contributed by atoms with Crippen LogP contribution in [0.15, 0.2) is 24.3 Å². The summed E-state index contributed by atoms with van der Waals surface area (Å²) in [5.74, 6) is 0. The Balaban J connectivity index is 1.74. The maximum atomic E-state index is 5.73. The molecule has 2 N–H and O–H groups in total. The zero-order valence-corrected chi connectivity index (χ0v) is 10.5. The summed E-state index contributed by atoms with van der Waals surface area (Å²) in [7, 11) is 2.24. The Hall–Kier alpha value is -1.22. The normalized spacial score (nSPS) is 29.4. The van der Waals surface area contributed by atoms with E-state index in [0.29, 0.717) is 5.41 Å². The molecule has 0 bridgehead atoms. The minimum absolute atomic E-state index is 0.552. The highest BCUT2D eigenvalue weighted by Crippen LogP contribution is 2.40. The lowest BCUT2D eigenvalue weighted by molar-refractivity contribution is 0.312. The highest BCUT2D eigenvalue weighted by Gasteiger charge is 2.42. The van der Waals surface area contributed by atoms with E-state index in [0.717, 1.165) is 5.69 Å². The monoisotopic (exact) mass is 231 g/mol. The smallest absolute Gasteiger partial charge is 0.0367 e. The largest absolute Gasteiger partial charge is 0.399 e. The van der Waals surface area contributed by atoms with Gasteiger partial charge in [0.2, 0.25) is 0 Å². The summed E-state index contributed by atoms with van der Waals surface area (Å²) < 4.78 is 0. The topological polar surface area (TPSA) is 32.5 Å². The molecular weight excluding hydrogens is 210 g/mol. The average Bonchev–Trinajstić information content (AvgIpc) is 2.88. The van der Waals surface area contributed by atoms with Gasteiger partial charge in [0.15, 0.2) is 0 Å². The van der Waals surface area contributed by atoms with E-state index < -0.39 is 0 Å². The van der Waals surface area contributed by atoms with Crippen LogP contribution >= 0.6 is 0 Å². The second kappa shape index (κ2) is 3.91. The van der Waals surface area contributed by atoms with Crippen molar-refractivity contribution in [1.29, 1.82) is 0 Å². The maximum absolute atomic E-state index is 5.73. The molecule has 1 spiro atoms. The second-order valence-electron chi connectivity index (χ2n) is 5.75. The van der Waals surface area contributed by atoms with Crippen molar-refractivity contribution < 1.29 is 0 Å². The Morgan fingerprint density at radius 3 is 2.41 bits per heavy atom. The van der Waals surface area contributed by atoms with E-state index in [-0.39, 0.29) is 0 Å². The Kier molecular flexibility index (Phi) is 2.51. The molecule has 1 aromatic carbocycles. The van der Waals surface area contributed by atoms with Gasteiger partial charge in [-0.1, -0.05) is 0 Å². The molecular formula is C14H21N3. The number of hydrogen-bond acceptors (Lipinski definition) is 3. The summed E-state index contributed by atoms with van der Waals surface area (Å²) in [6.45, 7) is 4.92. The Labute approximate surface area is 103 Å². The van der Waals surface area contributed by atoms with Gasteiger partial charge >= 0.3 is 0 Å². The van der Waals surface area contributed by atoms with E-state index in [1.165, 1.54) is 44.7 Å². The fourth-order valence-electron chi connectivity index (χ4n) is 3.33. The highest BCUT2D eigenvalue weighted by atomic mass is 15.2. The van der Waals surface area contributed by atoms with E-state index in [4.69, 9.17) is 5.73 Å². The molecule has 0 saturated carbocycles. The molecule has 0 aromatic heterocycles. The van der Waals surface area contributed by atoms with Gasteiger partial charge in [-0.25, -0.2) is 0 Å². The first-order valence-corrected chi connectivity index (χ1v) is 6.46. The zero-order valence-electron chi connectivity index (χ0n) is 10.5. The summed E-state index contributed by atoms with van der Waals surface area (Å²) in [4.78, 5) is 4.98. The maximum Gasteiger partial charge on any atom is 0.0367 e. The number of benzene rings is 1. The van der Waals surface area contributed by atoms with Crippen LogP contribution in [0.5, 0.6) is 0 Å². The van der Waals surface area contributed by atoms with Crippen LogP contribution in [0, 0.1) is 5.41 Å². The molecule has 0 amide bonds. The van der Waals surface area contributed by atoms with Crippen LogP contribution in [0.25, 0.3) is 0 Å². The molecule has 2 aliphatic heterocycles. The molecule has 3 nitrogen and oxygen atoms in total. The fourth-order valence-corrected chi connectivity index (χ4v) is 3.33. The quantitative estimate of drug-likeness (QED) is 0.748. The summed E-state index contributed by atoms with van der Waals surface area (Å²) in [6, 6.07) is 8.29. The summed E-state index contributed by atoms with van der Waals surface area (Å²) in [5, 5.41) is 0. The van der Waals surface area contributed by atoms with E-state index in [1.54, 1.807) is 0 Å². The van der Waals surface area contributed by atoms with Crippen LogP contribution in [0.4, 0.5) is 11.4 Å². The van der Waals surface area contributed by atoms with Crippen LogP contribution < -0.4 is 10.6 Å². The summed E-state index contributed by atoms with van der Waals surface area (Å²) in [6.07, 6.45) is 2.69. The number of hydrogen-bond donors (Lipinski definition) is 1. The van der Waals surface area contributed by atoms with Crippen LogP contribution in [-0.4, -0.2) is 38.1 Å². The molecule has 1 unspecified atom stereocenters. The molecule has 3 heteroatoms. The van der Waals surface area contributed by atoms with Gasteiger partial charge in [0, 0.05) is 36.4 Å². The minimum atomic E-state index is 0.552. The molecule has 2 heterocycles. The third-order valence-electron chi connectivity index (χ3n) is 4.33. The SMILES string of the molecule is CN1CCC2(CCN(c3ccc(N)cc3)C2)C1. The molecule has 17 heavy (non-hydrogen) atoms. The van der Waals surface area contributed by atoms with Crippen LogP contribution in [0.1, 0.15) is 12.8 Å². The zero-order chi connectivity index (χ0) is 11.9. The Morgan fingerprint density at radius 2 is 1.76 bits per heavy atom. The molecule has 92 valence electrons. The fraction of sp³-hybridized carbons (Fsp3) is 0.571. The van der Waals surface area contributed by atoms with Gasteiger partial charge in [0.05, 0.1) is 0 Å². The molecule has 0 aliphatic carbocycles. The van der Waals surface area contributed by atoms with Crippen molar-refractivity contribution in [3.8, 4) is 0 Å². The lowest BCUT2D eigenvalue weighted by Crippen LogP contribution is -2.29. The lowest BCUT2D eigenvalue weighted by Gasteiger charge is -2.25. The second-order valence-corrected chi connectivity index (χ2v) is 5.75. The van der Waals surface area contributed by atoms with Gasteiger partial charge in [0.25, 0.3) is 0 Å². The van der Waals surface area contributed by atoms with Crippen LogP contribution in [0.3, 0.4) is 0 Å². The summed E-state index contributed by atoms with van der Waals surface area (Å²) in [5.41, 5.74) is 8.46. The average molecular weight is 231 g/mol. The van der Waals surface area contributed by atoms with Crippen molar-refractivity contribution in [2.24, 2.45) is 5.41 Å². The molecule has 2 fully saturated rings. The number of nitrogens with zero attached hydrogens (tertiary/aromatic N) is 2. The third kappa shape index (κ3) is 2.00. The number of nitrogen functional groups attached to an aromatic ring is 1. The number of nitrogens with two attached hydrogens (primary N) is 1. The van der Waals surface area contributed by atoms with E-state index in [9.17, 15) is 0 Å². The van der Waals surface area contributed by atoms with Crippen molar-refractivity contribution >= 4 is 11.4 Å². The molecule has 1 aromatic rings. The molecule has 2 saturated heterocycles. The van der Waals surface area contributed by atoms with Gasteiger partial charge < -0.3 is 15.5 Å². The number of anilines is 2. The standard InChI is InChI=1S/C14H21N3/c1-16-8-6-14(10-16)7-9-17(11-14)13-4-2-12(15)3-5-13/h2-5H,6-11,15H2,1H3. The number of rotatable bonds is 1. The first-order valence-electron chi connectivity index (χ1n) is 6.46. The molecule has 1 atom stereocenters. The third-order valence-corrected chi connectivity index (χ3v) is 4.33. The van der Waals surface area contributed by atoms with Crippen molar-refractivity contribution in [2.75, 3.05) is 43.9 Å². The first-order chi connectivity index (χ1) is 8.17. The lowest BCUT2D eigenvalue weighted by atomic mass is 9.86.